The minimum Gasteiger partial charge on any atom is -0.382 e. The van der Waals surface area contributed by atoms with Crippen LogP contribution in [0.1, 0.15) is 24.8 Å². The van der Waals surface area contributed by atoms with Gasteiger partial charge in [0.1, 0.15) is 11.6 Å². The van der Waals surface area contributed by atoms with Crippen LogP contribution in [0.2, 0.25) is 0 Å². The molecular formula is C15H15N3O2. The number of nitrogens with one attached hydrogen (secondary N) is 1. The zero-order chi connectivity index (χ0) is 13.9. The highest BCUT2D eigenvalue weighted by molar-refractivity contribution is 5.60. The van der Waals surface area contributed by atoms with Crippen molar-refractivity contribution in [2.75, 3.05) is 5.32 Å². The summed E-state index contributed by atoms with van der Waals surface area (Å²) in [6, 6.07) is 7.17. The Labute approximate surface area is 116 Å². The fourth-order valence-corrected chi connectivity index (χ4v) is 4.58. The number of hydrogen-bond donors (Lipinski definition) is 1. The van der Waals surface area contributed by atoms with Gasteiger partial charge in [0.25, 0.3) is 5.69 Å². The molecule has 0 amide bonds. The van der Waals surface area contributed by atoms with Gasteiger partial charge in [-0.1, -0.05) is 0 Å². The van der Waals surface area contributed by atoms with Crippen LogP contribution in [0.3, 0.4) is 0 Å². The molecule has 1 N–H and O–H groups in total. The van der Waals surface area contributed by atoms with Gasteiger partial charge in [0.05, 0.1) is 4.92 Å². The molecule has 20 heavy (non-hydrogen) atoms. The molecule has 5 heteroatoms. The summed E-state index contributed by atoms with van der Waals surface area (Å²) >= 11 is 0. The molecular weight excluding hydrogens is 254 g/mol. The summed E-state index contributed by atoms with van der Waals surface area (Å²) in [5, 5.41) is 23.3. The Kier molecular flexibility index (Phi) is 2.31. The minimum atomic E-state index is -0.485. The molecule has 0 spiro atoms. The minimum absolute atomic E-state index is 0.105. The lowest BCUT2D eigenvalue weighted by atomic mass is 10.0. The second-order valence-electron chi connectivity index (χ2n) is 6.26. The third-order valence-electron chi connectivity index (χ3n) is 5.38. The maximum absolute atomic E-state index is 11.0. The number of nitro benzene ring substituents is 1. The quantitative estimate of drug-likeness (QED) is 0.676. The van der Waals surface area contributed by atoms with Gasteiger partial charge in [-0.05, 0) is 55.1 Å². The zero-order valence-corrected chi connectivity index (χ0v) is 11.0. The summed E-state index contributed by atoms with van der Waals surface area (Å²) in [4.78, 5) is 10.5. The largest absolute Gasteiger partial charge is 0.382 e. The average molecular weight is 269 g/mol. The van der Waals surface area contributed by atoms with Crippen molar-refractivity contribution in [3.05, 3.63) is 33.9 Å². The molecule has 4 atom stereocenters. The van der Waals surface area contributed by atoms with Crippen molar-refractivity contribution in [3.63, 3.8) is 0 Å². The van der Waals surface area contributed by atoms with E-state index in [1.807, 2.05) is 6.07 Å². The Morgan fingerprint density at radius 1 is 1.30 bits per heavy atom. The monoisotopic (exact) mass is 269 g/mol. The number of anilines is 1. The number of hydrogen-bond acceptors (Lipinski definition) is 4. The molecule has 3 fully saturated rings. The molecule has 1 aromatic rings. The smallest absolute Gasteiger partial charge is 0.289 e. The van der Waals surface area contributed by atoms with E-state index in [0.29, 0.717) is 6.04 Å². The molecule has 0 radical (unpaired) electrons. The van der Waals surface area contributed by atoms with Crippen molar-refractivity contribution in [3.8, 4) is 6.07 Å². The van der Waals surface area contributed by atoms with E-state index in [4.69, 9.17) is 5.26 Å². The lowest BCUT2D eigenvalue weighted by Crippen LogP contribution is -2.12. The average Bonchev–Trinajstić information content (AvgIpc) is 2.84. The molecule has 3 aliphatic carbocycles. The standard InChI is InChI=1S/C15H15N3O2/c16-7-10-3-4-11(6-12(10)18(19)20)17-15-13-8-1-2-9(5-8)14(13)15/h3-4,6,8-9,13-15,17H,1-2,5H2. The van der Waals surface area contributed by atoms with E-state index in [1.54, 1.807) is 6.07 Å². The SMILES string of the molecule is N#Cc1ccc(NC2C3C4CCC(C4)C23)cc1[N+](=O)[O-]. The highest BCUT2D eigenvalue weighted by Crippen LogP contribution is 2.66. The first-order chi connectivity index (χ1) is 9.69. The van der Waals surface area contributed by atoms with Crippen LogP contribution >= 0.6 is 0 Å². The van der Waals surface area contributed by atoms with Crippen LogP contribution in [-0.2, 0) is 0 Å². The van der Waals surface area contributed by atoms with Crippen molar-refractivity contribution < 1.29 is 4.92 Å². The molecule has 2 bridgehead atoms. The Hall–Kier alpha value is -2.09. The zero-order valence-electron chi connectivity index (χ0n) is 11.0. The van der Waals surface area contributed by atoms with E-state index in [2.05, 4.69) is 5.32 Å². The summed E-state index contributed by atoms with van der Waals surface area (Å²) in [5.41, 5.74) is 0.789. The summed E-state index contributed by atoms with van der Waals surface area (Å²) in [6.07, 6.45) is 4.11. The fourth-order valence-electron chi connectivity index (χ4n) is 4.58. The second kappa shape index (κ2) is 3.95. The van der Waals surface area contributed by atoms with Crippen molar-refractivity contribution >= 4 is 11.4 Å². The molecule has 4 rings (SSSR count). The molecule has 1 aromatic carbocycles. The predicted octanol–water partition coefficient (Wildman–Crippen LogP) is 2.92. The summed E-state index contributed by atoms with van der Waals surface area (Å²) in [6.45, 7) is 0. The summed E-state index contributed by atoms with van der Waals surface area (Å²) < 4.78 is 0. The molecule has 102 valence electrons. The maximum Gasteiger partial charge on any atom is 0.289 e. The normalized spacial score (nSPS) is 36.2. The van der Waals surface area contributed by atoms with Crippen LogP contribution in [0.4, 0.5) is 11.4 Å². The summed E-state index contributed by atoms with van der Waals surface area (Å²) in [5.74, 6) is 3.30. The first-order valence-electron chi connectivity index (χ1n) is 7.14. The summed E-state index contributed by atoms with van der Waals surface area (Å²) in [7, 11) is 0. The van der Waals surface area contributed by atoms with E-state index in [9.17, 15) is 10.1 Å². The van der Waals surface area contributed by atoms with E-state index in [1.165, 1.54) is 31.4 Å². The predicted molar refractivity (Wildman–Crippen MR) is 73.0 cm³/mol. The first-order valence-corrected chi connectivity index (χ1v) is 7.14. The number of nitrogens with zero attached hydrogens (tertiary/aromatic N) is 2. The third kappa shape index (κ3) is 1.54. The number of rotatable bonds is 3. The van der Waals surface area contributed by atoms with Gasteiger partial charge in [0.15, 0.2) is 0 Å². The third-order valence-corrected chi connectivity index (χ3v) is 5.38. The van der Waals surface area contributed by atoms with Crippen molar-refractivity contribution in [1.82, 2.24) is 0 Å². The Bertz CT molecular complexity index is 620. The second-order valence-corrected chi connectivity index (χ2v) is 6.26. The molecule has 0 aliphatic heterocycles. The van der Waals surface area contributed by atoms with Crippen LogP contribution in [0.5, 0.6) is 0 Å². The lowest BCUT2D eigenvalue weighted by Gasteiger charge is -2.11. The highest BCUT2D eigenvalue weighted by atomic mass is 16.6. The number of nitriles is 1. The van der Waals surface area contributed by atoms with Crippen molar-refractivity contribution in [2.24, 2.45) is 23.7 Å². The molecule has 0 heterocycles. The van der Waals surface area contributed by atoms with Gasteiger partial charge in [-0.3, -0.25) is 10.1 Å². The van der Waals surface area contributed by atoms with E-state index in [-0.39, 0.29) is 11.3 Å². The van der Waals surface area contributed by atoms with Gasteiger partial charge in [-0.2, -0.15) is 5.26 Å². The number of nitro groups is 1. The van der Waals surface area contributed by atoms with Gasteiger partial charge in [0.2, 0.25) is 0 Å². The van der Waals surface area contributed by atoms with Gasteiger partial charge in [-0.25, -0.2) is 0 Å². The molecule has 0 saturated heterocycles. The van der Waals surface area contributed by atoms with Crippen molar-refractivity contribution in [1.29, 1.82) is 5.26 Å². The highest BCUT2D eigenvalue weighted by Gasteiger charge is 2.65. The number of fused-ring (bicyclic) bond motifs is 5. The van der Waals surface area contributed by atoms with Gasteiger partial charge in [-0.15, -0.1) is 0 Å². The Morgan fingerprint density at radius 2 is 2.00 bits per heavy atom. The van der Waals surface area contributed by atoms with Crippen LogP contribution in [0.25, 0.3) is 0 Å². The lowest BCUT2D eigenvalue weighted by molar-refractivity contribution is -0.385. The van der Waals surface area contributed by atoms with Crippen LogP contribution in [0.15, 0.2) is 18.2 Å². The molecule has 4 unspecified atom stereocenters. The van der Waals surface area contributed by atoms with Gasteiger partial charge < -0.3 is 5.32 Å². The Balaban J connectivity index is 1.55. The maximum atomic E-state index is 11.0. The van der Waals surface area contributed by atoms with E-state index < -0.39 is 4.92 Å². The number of benzene rings is 1. The molecule has 3 aliphatic rings. The van der Waals surface area contributed by atoms with E-state index >= 15 is 0 Å². The first kappa shape index (κ1) is 11.7. The molecule has 0 aromatic heterocycles. The van der Waals surface area contributed by atoms with Crippen LogP contribution in [0, 0.1) is 45.1 Å². The topological polar surface area (TPSA) is 79.0 Å². The van der Waals surface area contributed by atoms with E-state index in [0.717, 1.165) is 29.4 Å². The van der Waals surface area contributed by atoms with Crippen LogP contribution < -0.4 is 5.32 Å². The Morgan fingerprint density at radius 3 is 2.60 bits per heavy atom. The fraction of sp³-hybridized carbons (Fsp3) is 0.533. The van der Waals surface area contributed by atoms with Gasteiger partial charge in [0, 0.05) is 17.8 Å². The molecule has 5 nitrogen and oxygen atoms in total. The van der Waals surface area contributed by atoms with Crippen LogP contribution in [-0.4, -0.2) is 11.0 Å². The van der Waals surface area contributed by atoms with Crippen molar-refractivity contribution in [2.45, 2.75) is 25.3 Å². The molecule has 3 saturated carbocycles. The van der Waals surface area contributed by atoms with Gasteiger partial charge >= 0.3 is 0 Å².